The first kappa shape index (κ1) is 8.08. The number of allylic oxidation sites excluding steroid dienone is 5. The van der Waals surface area contributed by atoms with Crippen molar-refractivity contribution in [1.29, 1.82) is 0 Å². The van der Waals surface area contributed by atoms with Crippen LogP contribution >= 0.6 is 0 Å². The predicted octanol–water partition coefficient (Wildman–Crippen LogP) is 1.21. The van der Waals surface area contributed by atoms with Crippen molar-refractivity contribution in [2.75, 3.05) is 0 Å². The number of hydrogen-bond donors (Lipinski definition) is 0. The number of rotatable bonds is 1. The Morgan fingerprint density at radius 1 is 1.09 bits per heavy atom. The van der Waals surface area contributed by atoms with Gasteiger partial charge >= 0.3 is 0 Å². The molecule has 0 aromatic heterocycles. The molecule has 0 N–H and O–H groups in total. The maximum atomic E-state index is 11.0. The van der Waals surface area contributed by atoms with Crippen LogP contribution in [0.3, 0.4) is 0 Å². The summed E-state index contributed by atoms with van der Waals surface area (Å²) in [7, 11) is -1.01. The van der Waals surface area contributed by atoms with E-state index in [-0.39, 0.29) is 5.41 Å². The van der Waals surface area contributed by atoms with Crippen LogP contribution in [0.25, 0.3) is 0 Å². The SMILES string of the molecule is CC(=O)[Si]1=CC=CC=CC=C1. The second-order valence-electron chi connectivity index (χ2n) is 2.31. The molecule has 0 aliphatic carbocycles. The van der Waals surface area contributed by atoms with Crippen molar-refractivity contribution >= 4 is 19.5 Å². The molecule has 56 valence electrons. The quantitative estimate of drug-likeness (QED) is 0.530. The van der Waals surface area contributed by atoms with Gasteiger partial charge in [0.15, 0.2) is 0 Å². The maximum Gasteiger partial charge on any atom is 0.131 e. The first-order chi connectivity index (χ1) is 5.30. The van der Waals surface area contributed by atoms with E-state index in [2.05, 4.69) is 0 Å². The molecular formula is C9H10OSi. The summed E-state index contributed by atoms with van der Waals surface area (Å²) in [4.78, 5) is 11.0. The highest BCUT2D eigenvalue weighted by molar-refractivity contribution is 6.96. The second-order valence-corrected chi connectivity index (χ2v) is 4.59. The molecule has 0 spiro atoms. The minimum atomic E-state index is -1.01. The van der Waals surface area contributed by atoms with Crippen LogP contribution in [0.15, 0.2) is 36.1 Å². The van der Waals surface area contributed by atoms with Gasteiger partial charge in [-0.15, -0.1) is 0 Å². The summed E-state index contributed by atoms with van der Waals surface area (Å²) in [5.74, 6) is 0. The molecule has 0 radical (unpaired) electrons. The van der Waals surface area contributed by atoms with Crippen LogP contribution in [0.5, 0.6) is 0 Å². The van der Waals surface area contributed by atoms with E-state index in [1.165, 1.54) is 0 Å². The zero-order valence-corrected chi connectivity index (χ0v) is 7.45. The zero-order valence-electron chi connectivity index (χ0n) is 6.45. The van der Waals surface area contributed by atoms with E-state index in [4.69, 9.17) is 0 Å². The Kier molecular flexibility index (Phi) is 2.92. The van der Waals surface area contributed by atoms with E-state index in [0.29, 0.717) is 0 Å². The van der Waals surface area contributed by atoms with Gasteiger partial charge in [-0.2, -0.15) is 0 Å². The van der Waals surface area contributed by atoms with Crippen molar-refractivity contribution in [1.82, 2.24) is 0 Å². The van der Waals surface area contributed by atoms with Crippen molar-refractivity contribution in [2.24, 2.45) is 0 Å². The van der Waals surface area contributed by atoms with Gasteiger partial charge in [0.05, 0.1) is 0 Å². The summed E-state index contributed by atoms with van der Waals surface area (Å²) in [6.07, 6.45) is 9.71. The Hall–Kier alpha value is -1.02. The van der Waals surface area contributed by atoms with E-state index >= 15 is 0 Å². The minimum absolute atomic E-state index is 0.284. The molecule has 1 nitrogen and oxygen atoms in total. The molecule has 0 aromatic carbocycles. The summed E-state index contributed by atoms with van der Waals surface area (Å²) in [6.45, 7) is 1.65. The monoisotopic (exact) mass is 162 g/mol. The van der Waals surface area contributed by atoms with Crippen molar-refractivity contribution in [3.63, 3.8) is 0 Å². The van der Waals surface area contributed by atoms with E-state index in [0.717, 1.165) is 0 Å². The Morgan fingerprint density at radius 3 is 2.45 bits per heavy atom. The van der Waals surface area contributed by atoms with Crippen molar-refractivity contribution in [3.8, 4) is 0 Å². The Labute approximate surface area is 68.0 Å². The van der Waals surface area contributed by atoms with E-state index in [9.17, 15) is 4.79 Å². The van der Waals surface area contributed by atoms with Gasteiger partial charge in [-0.05, 0) is 6.92 Å². The summed E-state index contributed by atoms with van der Waals surface area (Å²) in [5.41, 5.74) is 3.99. The summed E-state index contributed by atoms with van der Waals surface area (Å²) in [5, 5.41) is 0.284. The fourth-order valence-electron chi connectivity index (χ4n) is 0.801. The van der Waals surface area contributed by atoms with Gasteiger partial charge in [0, 0.05) is 0 Å². The summed E-state index contributed by atoms with van der Waals surface area (Å²) < 4.78 is 0. The van der Waals surface area contributed by atoms with Crippen molar-refractivity contribution in [2.45, 2.75) is 6.92 Å². The van der Waals surface area contributed by atoms with E-state index in [1.807, 2.05) is 41.8 Å². The Morgan fingerprint density at radius 2 is 1.73 bits per heavy atom. The number of carbonyl (C=O) groups is 1. The van der Waals surface area contributed by atoms with Gasteiger partial charge in [-0.3, -0.25) is 0 Å². The average Bonchev–Trinajstić information content (AvgIpc) is 1.84. The molecule has 0 amide bonds. The van der Waals surface area contributed by atoms with Crippen LogP contribution in [0.1, 0.15) is 6.92 Å². The minimum Gasteiger partial charge on any atom is -0.301 e. The fourth-order valence-corrected chi connectivity index (χ4v) is 2.02. The number of hydrogen-bond acceptors (Lipinski definition) is 1. The Balaban J connectivity index is 2.87. The topological polar surface area (TPSA) is 17.1 Å². The second kappa shape index (κ2) is 3.98. The highest BCUT2D eigenvalue weighted by Gasteiger charge is 1.97. The molecule has 0 saturated heterocycles. The standard InChI is InChI=1S/C9H10OSi/c1-9(10)11-7-5-3-2-4-6-8-11/h2-8H,1H3. The smallest absolute Gasteiger partial charge is 0.131 e. The van der Waals surface area contributed by atoms with Gasteiger partial charge in [-0.1, -0.05) is 41.8 Å². The van der Waals surface area contributed by atoms with Crippen LogP contribution in [0.4, 0.5) is 0 Å². The van der Waals surface area contributed by atoms with Gasteiger partial charge in [-0.25, -0.2) is 0 Å². The van der Waals surface area contributed by atoms with Crippen molar-refractivity contribution < 1.29 is 4.79 Å². The van der Waals surface area contributed by atoms with Gasteiger partial charge in [0.2, 0.25) is 0 Å². The molecule has 1 aliphatic heterocycles. The zero-order chi connectivity index (χ0) is 8.10. The third kappa shape index (κ3) is 2.59. The normalized spacial score (nSPS) is 15.5. The molecule has 1 heterocycles. The van der Waals surface area contributed by atoms with E-state index in [1.54, 1.807) is 6.92 Å². The lowest BCUT2D eigenvalue weighted by molar-refractivity contribution is -0.110. The van der Waals surface area contributed by atoms with Crippen LogP contribution in [-0.4, -0.2) is 19.5 Å². The molecule has 0 atom stereocenters. The van der Waals surface area contributed by atoms with Crippen LogP contribution in [0, 0.1) is 0 Å². The fraction of sp³-hybridized carbons (Fsp3) is 0.111. The molecular weight excluding hydrogens is 152 g/mol. The first-order valence-corrected chi connectivity index (χ1v) is 5.19. The molecule has 0 bridgehead atoms. The molecule has 0 unspecified atom stereocenters. The lowest BCUT2D eigenvalue weighted by Crippen LogP contribution is -2.12. The highest BCUT2D eigenvalue weighted by Crippen LogP contribution is 1.86. The van der Waals surface area contributed by atoms with Gasteiger partial charge in [0.1, 0.15) is 13.8 Å². The third-order valence-electron chi connectivity index (χ3n) is 1.40. The summed E-state index contributed by atoms with van der Waals surface area (Å²) >= 11 is 0. The van der Waals surface area contributed by atoms with Crippen molar-refractivity contribution in [3.05, 3.63) is 36.1 Å². The van der Waals surface area contributed by atoms with Crippen LogP contribution in [0.2, 0.25) is 0 Å². The average molecular weight is 162 g/mol. The first-order valence-electron chi connectivity index (χ1n) is 3.53. The highest BCUT2D eigenvalue weighted by atomic mass is 28.2. The molecule has 0 aromatic rings. The molecule has 1 rings (SSSR count). The summed E-state index contributed by atoms with van der Waals surface area (Å²) in [6, 6.07) is 0. The number of carbonyl (C=O) groups excluding carboxylic acids is 1. The molecule has 2 heteroatoms. The molecule has 0 fully saturated rings. The van der Waals surface area contributed by atoms with Crippen LogP contribution < -0.4 is 0 Å². The maximum absolute atomic E-state index is 11.0. The lowest BCUT2D eigenvalue weighted by Gasteiger charge is -1.91. The Bertz CT molecular complexity index is 269. The molecule has 11 heavy (non-hydrogen) atoms. The molecule has 0 saturated carbocycles. The third-order valence-corrected chi connectivity index (χ3v) is 3.32. The predicted molar refractivity (Wildman–Crippen MR) is 49.9 cm³/mol. The molecule has 1 aliphatic rings. The van der Waals surface area contributed by atoms with Crippen LogP contribution in [-0.2, 0) is 4.79 Å². The largest absolute Gasteiger partial charge is 0.301 e. The van der Waals surface area contributed by atoms with Gasteiger partial charge in [0.25, 0.3) is 0 Å². The van der Waals surface area contributed by atoms with Gasteiger partial charge < -0.3 is 4.79 Å². The lowest BCUT2D eigenvalue weighted by atomic mass is 10.4. The van der Waals surface area contributed by atoms with E-state index < -0.39 is 8.41 Å².